The summed E-state index contributed by atoms with van der Waals surface area (Å²) < 4.78 is 21.6. The molecule has 2 N–H and O–H groups in total. The van der Waals surface area contributed by atoms with Gasteiger partial charge in [-0.3, -0.25) is 4.79 Å². The Labute approximate surface area is 95.0 Å². The lowest BCUT2D eigenvalue weighted by Crippen LogP contribution is -2.46. The SMILES string of the molecule is CCC(C)[C@H](NC(=O)CS(C)(=O)=O)C(=O)O. The van der Waals surface area contributed by atoms with Crippen LogP contribution in [0.15, 0.2) is 0 Å². The van der Waals surface area contributed by atoms with Gasteiger partial charge in [0.1, 0.15) is 11.8 Å². The second-order valence-electron chi connectivity index (χ2n) is 3.84. The van der Waals surface area contributed by atoms with Crippen molar-refractivity contribution < 1.29 is 23.1 Å². The van der Waals surface area contributed by atoms with Gasteiger partial charge in [0, 0.05) is 6.26 Å². The molecule has 0 aromatic carbocycles. The Hall–Kier alpha value is -1.11. The van der Waals surface area contributed by atoms with Crippen molar-refractivity contribution in [1.82, 2.24) is 5.32 Å². The average molecular weight is 251 g/mol. The van der Waals surface area contributed by atoms with Gasteiger partial charge in [-0.05, 0) is 5.92 Å². The molecule has 1 unspecified atom stereocenters. The fourth-order valence-corrected chi connectivity index (χ4v) is 1.70. The third-order valence-electron chi connectivity index (χ3n) is 2.19. The van der Waals surface area contributed by atoms with Crippen LogP contribution in [0.4, 0.5) is 0 Å². The van der Waals surface area contributed by atoms with Crippen LogP contribution in [0.5, 0.6) is 0 Å². The number of rotatable bonds is 6. The quantitative estimate of drug-likeness (QED) is 0.671. The highest BCUT2D eigenvalue weighted by Gasteiger charge is 2.26. The molecule has 0 heterocycles. The van der Waals surface area contributed by atoms with E-state index >= 15 is 0 Å². The van der Waals surface area contributed by atoms with Crippen molar-refractivity contribution in [3.63, 3.8) is 0 Å². The molecule has 0 rings (SSSR count). The zero-order chi connectivity index (χ0) is 12.9. The van der Waals surface area contributed by atoms with Crippen LogP contribution in [-0.2, 0) is 19.4 Å². The minimum atomic E-state index is -3.43. The first kappa shape index (κ1) is 14.9. The number of hydrogen-bond acceptors (Lipinski definition) is 4. The summed E-state index contributed by atoms with van der Waals surface area (Å²) >= 11 is 0. The first-order valence-electron chi connectivity index (χ1n) is 4.87. The Balaban J connectivity index is 4.54. The van der Waals surface area contributed by atoms with Crippen molar-refractivity contribution >= 4 is 21.7 Å². The fourth-order valence-electron chi connectivity index (χ4n) is 1.14. The Morgan fingerprint density at radius 2 is 1.88 bits per heavy atom. The number of sulfone groups is 1. The van der Waals surface area contributed by atoms with Crippen molar-refractivity contribution in [2.45, 2.75) is 26.3 Å². The molecule has 0 radical (unpaired) electrons. The Morgan fingerprint density at radius 1 is 1.38 bits per heavy atom. The molecule has 94 valence electrons. The summed E-state index contributed by atoms with van der Waals surface area (Å²) in [5.74, 6) is -2.87. The topological polar surface area (TPSA) is 101 Å². The lowest BCUT2D eigenvalue weighted by Gasteiger charge is -2.19. The second-order valence-corrected chi connectivity index (χ2v) is 5.98. The molecule has 1 amide bonds. The normalized spacial score (nSPS) is 15.2. The number of carbonyl (C=O) groups is 2. The lowest BCUT2D eigenvalue weighted by atomic mass is 9.99. The summed E-state index contributed by atoms with van der Waals surface area (Å²) in [7, 11) is -3.43. The smallest absolute Gasteiger partial charge is 0.326 e. The van der Waals surface area contributed by atoms with Gasteiger partial charge in [-0.2, -0.15) is 0 Å². The highest BCUT2D eigenvalue weighted by atomic mass is 32.2. The van der Waals surface area contributed by atoms with Crippen molar-refractivity contribution in [2.75, 3.05) is 12.0 Å². The van der Waals surface area contributed by atoms with Gasteiger partial charge < -0.3 is 10.4 Å². The molecule has 0 aromatic heterocycles. The summed E-state index contributed by atoms with van der Waals surface area (Å²) in [5, 5.41) is 11.1. The van der Waals surface area contributed by atoms with Crippen molar-refractivity contribution in [3.8, 4) is 0 Å². The summed E-state index contributed by atoms with van der Waals surface area (Å²) in [6.07, 6.45) is 1.50. The molecule has 6 nitrogen and oxygen atoms in total. The molecule has 0 aliphatic heterocycles. The molecule has 0 aliphatic carbocycles. The predicted octanol–water partition coefficient (Wildman–Crippen LogP) is -0.353. The Kier molecular flexibility index (Phi) is 5.43. The molecule has 0 bridgehead atoms. The number of aliphatic carboxylic acids is 1. The van der Waals surface area contributed by atoms with E-state index in [0.29, 0.717) is 6.42 Å². The number of amides is 1. The van der Waals surface area contributed by atoms with E-state index < -0.39 is 33.5 Å². The summed E-state index contributed by atoms with van der Waals surface area (Å²) in [4.78, 5) is 22.1. The van der Waals surface area contributed by atoms with Crippen molar-refractivity contribution in [3.05, 3.63) is 0 Å². The van der Waals surface area contributed by atoms with Crippen LogP contribution < -0.4 is 5.32 Å². The Bertz CT molecular complexity index is 362. The minimum Gasteiger partial charge on any atom is -0.480 e. The monoisotopic (exact) mass is 251 g/mol. The zero-order valence-electron chi connectivity index (χ0n) is 9.56. The highest BCUT2D eigenvalue weighted by molar-refractivity contribution is 7.91. The van der Waals surface area contributed by atoms with E-state index in [-0.39, 0.29) is 5.92 Å². The maximum atomic E-state index is 11.2. The van der Waals surface area contributed by atoms with Crippen LogP contribution in [0.2, 0.25) is 0 Å². The van der Waals surface area contributed by atoms with Gasteiger partial charge in [0.25, 0.3) is 0 Å². The predicted molar refractivity (Wildman–Crippen MR) is 58.7 cm³/mol. The molecule has 2 atom stereocenters. The van der Waals surface area contributed by atoms with Gasteiger partial charge >= 0.3 is 5.97 Å². The number of nitrogens with one attached hydrogen (secondary N) is 1. The molecular formula is C9H17NO5S. The molecule has 0 aliphatic rings. The fraction of sp³-hybridized carbons (Fsp3) is 0.778. The van der Waals surface area contributed by atoms with Gasteiger partial charge in [0.15, 0.2) is 9.84 Å². The number of carboxylic acid groups (broad SMARTS) is 1. The van der Waals surface area contributed by atoms with Crippen LogP contribution in [0, 0.1) is 5.92 Å². The van der Waals surface area contributed by atoms with Gasteiger partial charge in [-0.25, -0.2) is 13.2 Å². The third kappa shape index (κ3) is 5.69. The van der Waals surface area contributed by atoms with Gasteiger partial charge in [0.2, 0.25) is 5.91 Å². The maximum Gasteiger partial charge on any atom is 0.326 e. The molecular weight excluding hydrogens is 234 g/mol. The summed E-state index contributed by atoms with van der Waals surface area (Å²) in [6.45, 7) is 3.48. The highest BCUT2D eigenvalue weighted by Crippen LogP contribution is 2.07. The minimum absolute atomic E-state index is 0.249. The summed E-state index contributed by atoms with van der Waals surface area (Å²) in [5.41, 5.74) is 0. The van der Waals surface area contributed by atoms with E-state index in [0.717, 1.165) is 6.26 Å². The van der Waals surface area contributed by atoms with Crippen LogP contribution >= 0.6 is 0 Å². The van der Waals surface area contributed by atoms with E-state index in [1.165, 1.54) is 0 Å². The molecule has 0 aromatic rings. The Morgan fingerprint density at radius 3 is 2.19 bits per heavy atom. The second kappa shape index (κ2) is 5.83. The van der Waals surface area contributed by atoms with Crippen LogP contribution in [0.3, 0.4) is 0 Å². The molecule has 16 heavy (non-hydrogen) atoms. The van der Waals surface area contributed by atoms with E-state index in [1.807, 2.05) is 0 Å². The molecule has 0 spiro atoms. The molecule has 0 saturated heterocycles. The van der Waals surface area contributed by atoms with Crippen LogP contribution in [-0.4, -0.2) is 43.5 Å². The number of carboxylic acids is 1. The largest absolute Gasteiger partial charge is 0.480 e. The molecule has 0 fully saturated rings. The maximum absolute atomic E-state index is 11.2. The van der Waals surface area contributed by atoms with Crippen molar-refractivity contribution in [2.24, 2.45) is 5.92 Å². The van der Waals surface area contributed by atoms with E-state index in [9.17, 15) is 18.0 Å². The summed E-state index contributed by atoms with van der Waals surface area (Å²) in [6, 6.07) is -1.04. The number of carbonyl (C=O) groups excluding carboxylic acids is 1. The van der Waals surface area contributed by atoms with Gasteiger partial charge in [-0.1, -0.05) is 20.3 Å². The standard InChI is InChI=1S/C9H17NO5S/c1-4-6(2)8(9(12)13)10-7(11)5-16(3,14)15/h6,8H,4-5H2,1-3H3,(H,10,11)(H,12,13)/t6?,8-/m0/s1. The average Bonchev–Trinajstić information content (AvgIpc) is 2.09. The van der Waals surface area contributed by atoms with Crippen molar-refractivity contribution in [1.29, 1.82) is 0 Å². The van der Waals surface area contributed by atoms with E-state index in [1.54, 1.807) is 13.8 Å². The third-order valence-corrected chi connectivity index (χ3v) is 2.98. The van der Waals surface area contributed by atoms with Gasteiger partial charge in [0.05, 0.1) is 0 Å². The van der Waals surface area contributed by atoms with Crippen LogP contribution in [0.25, 0.3) is 0 Å². The first-order chi connectivity index (χ1) is 7.17. The zero-order valence-corrected chi connectivity index (χ0v) is 10.4. The molecule has 0 saturated carbocycles. The number of hydrogen-bond donors (Lipinski definition) is 2. The lowest BCUT2D eigenvalue weighted by molar-refractivity contribution is -0.143. The van der Waals surface area contributed by atoms with E-state index in [4.69, 9.17) is 5.11 Å². The van der Waals surface area contributed by atoms with Gasteiger partial charge in [-0.15, -0.1) is 0 Å². The van der Waals surface area contributed by atoms with E-state index in [2.05, 4.69) is 5.32 Å². The molecule has 7 heteroatoms. The van der Waals surface area contributed by atoms with Crippen LogP contribution in [0.1, 0.15) is 20.3 Å². The first-order valence-corrected chi connectivity index (χ1v) is 6.93.